The molecular formula is C11H8Cl2N4O3. The Bertz CT molecular complexity index is 666. The third-order valence-electron chi connectivity index (χ3n) is 2.35. The average molecular weight is 315 g/mol. The van der Waals surface area contributed by atoms with Crippen LogP contribution in [0.1, 0.15) is 0 Å². The minimum atomic E-state index is -0.605. The molecule has 0 radical (unpaired) electrons. The highest BCUT2D eigenvalue weighted by atomic mass is 35.5. The Morgan fingerprint density at radius 1 is 1.40 bits per heavy atom. The van der Waals surface area contributed by atoms with Gasteiger partial charge in [-0.25, -0.2) is 4.98 Å². The SMILES string of the molecule is COc1cc(Nc2nc(Cl)ncc2[N+](=O)[O-])ccc1Cl. The maximum absolute atomic E-state index is 10.9. The van der Waals surface area contributed by atoms with Crippen LogP contribution >= 0.6 is 23.2 Å². The van der Waals surface area contributed by atoms with Crippen LogP contribution in [-0.4, -0.2) is 22.0 Å². The van der Waals surface area contributed by atoms with Gasteiger partial charge in [0.05, 0.1) is 17.1 Å². The van der Waals surface area contributed by atoms with Crippen molar-refractivity contribution in [2.45, 2.75) is 0 Å². The van der Waals surface area contributed by atoms with Crippen molar-refractivity contribution in [3.63, 3.8) is 0 Å². The van der Waals surface area contributed by atoms with Crippen LogP contribution in [0.2, 0.25) is 10.3 Å². The van der Waals surface area contributed by atoms with E-state index in [4.69, 9.17) is 27.9 Å². The van der Waals surface area contributed by atoms with E-state index in [1.54, 1.807) is 18.2 Å². The molecule has 2 rings (SSSR count). The fraction of sp³-hybridized carbons (Fsp3) is 0.0909. The molecule has 2 aromatic rings. The minimum absolute atomic E-state index is 0.0145. The molecule has 1 aromatic heterocycles. The molecule has 0 bridgehead atoms. The molecule has 0 saturated heterocycles. The van der Waals surface area contributed by atoms with E-state index < -0.39 is 4.92 Å². The number of nitrogens with one attached hydrogen (secondary N) is 1. The Labute approximate surface area is 123 Å². The fourth-order valence-corrected chi connectivity index (χ4v) is 1.78. The Morgan fingerprint density at radius 3 is 2.80 bits per heavy atom. The van der Waals surface area contributed by atoms with E-state index in [1.807, 2.05) is 0 Å². The van der Waals surface area contributed by atoms with Crippen LogP contribution in [-0.2, 0) is 0 Å². The highest BCUT2D eigenvalue weighted by Gasteiger charge is 2.17. The summed E-state index contributed by atoms with van der Waals surface area (Å²) >= 11 is 11.5. The molecule has 0 fully saturated rings. The molecule has 0 aliphatic carbocycles. The van der Waals surface area contributed by atoms with Crippen LogP contribution in [0, 0.1) is 10.1 Å². The average Bonchev–Trinajstić information content (AvgIpc) is 2.40. The van der Waals surface area contributed by atoms with Crippen LogP contribution in [0.25, 0.3) is 0 Å². The largest absolute Gasteiger partial charge is 0.495 e. The summed E-state index contributed by atoms with van der Waals surface area (Å²) in [6, 6.07) is 4.81. The molecule has 0 amide bonds. The number of hydrogen-bond acceptors (Lipinski definition) is 6. The number of ether oxygens (including phenoxy) is 1. The smallest absolute Gasteiger partial charge is 0.329 e. The van der Waals surface area contributed by atoms with E-state index in [9.17, 15) is 10.1 Å². The molecule has 9 heteroatoms. The van der Waals surface area contributed by atoms with E-state index in [0.29, 0.717) is 16.5 Å². The van der Waals surface area contributed by atoms with Gasteiger partial charge in [-0.2, -0.15) is 4.98 Å². The maximum Gasteiger partial charge on any atom is 0.329 e. The molecule has 1 aromatic carbocycles. The maximum atomic E-state index is 10.9. The zero-order valence-electron chi connectivity index (χ0n) is 10.1. The van der Waals surface area contributed by atoms with Gasteiger partial charge in [0.25, 0.3) is 0 Å². The normalized spacial score (nSPS) is 10.2. The topological polar surface area (TPSA) is 90.2 Å². The van der Waals surface area contributed by atoms with Crippen molar-refractivity contribution in [2.75, 3.05) is 12.4 Å². The second kappa shape index (κ2) is 5.89. The Balaban J connectivity index is 2.39. The Morgan fingerprint density at radius 2 is 2.15 bits per heavy atom. The highest BCUT2D eigenvalue weighted by molar-refractivity contribution is 6.32. The summed E-state index contributed by atoms with van der Waals surface area (Å²) in [5.41, 5.74) is 0.229. The van der Waals surface area contributed by atoms with Gasteiger partial charge in [0.2, 0.25) is 11.1 Å². The van der Waals surface area contributed by atoms with Crippen molar-refractivity contribution in [3.8, 4) is 5.75 Å². The molecular weight excluding hydrogens is 307 g/mol. The van der Waals surface area contributed by atoms with Gasteiger partial charge in [0.15, 0.2) is 0 Å². The number of nitro groups is 1. The quantitative estimate of drug-likeness (QED) is 0.528. The van der Waals surface area contributed by atoms with E-state index in [0.717, 1.165) is 6.20 Å². The lowest BCUT2D eigenvalue weighted by atomic mass is 10.3. The predicted molar refractivity (Wildman–Crippen MR) is 75.0 cm³/mol. The van der Waals surface area contributed by atoms with Gasteiger partial charge in [-0.05, 0) is 23.7 Å². The van der Waals surface area contributed by atoms with Gasteiger partial charge in [-0.1, -0.05) is 11.6 Å². The lowest BCUT2D eigenvalue weighted by Gasteiger charge is -2.08. The third-order valence-corrected chi connectivity index (χ3v) is 2.84. The summed E-state index contributed by atoms with van der Waals surface area (Å²) in [4.78, 5) is 17.7. The molecule has 104 valence electrons. The second-order valence-corrected chi connectivity index (χ2v) is 4.35. The standard InChI is InChI=1S/C11H8Cl2N4O3/c1-20-9-4-6(2-3-7(9)12)15-10-8(17(18)19)5-14-11(13)16-10/h2-5H,1H3,(H,14,15,16). The van der Waals surface area contributed by atoms with Gasteiger partial charge in [-0.3, -0.25) is 10.1 Å². The number of benzene rings is 1. The summed E-state index contributed by atoms with van der Waals surface area (Å²) in [5, 5.41) is 14.0. The van der Waals surface area contributed by atoms with Crippen LogP contribution in [0.15, 0.2) is 24.4 Å². The van der Waals surface area contributed by atoms with Crippen molar-refractivity contribution in [3.05, 3.63) is 44.8 Å². The van der Waals surface area contributed by atoms with E-state index in [-0.39, 0.29) is 16.8 Å². The molecule has 0 spiro atoms. The number of rotatable bonds is 4. The number of anilines is 2. The van der Waals surface area contributed by atoms with Crippen LogP contribution in [0.5, 0.6) is 5.75 Å². The summed E-state index contributed by atoms with van der Waals surface area (Å²) in [6.45, 7) is 0. The summed E-state index contributed by atoms with van der Waals surface area (Å²) < 4.78 is 5.06. The molecule has 0 aliphatic rings. The van der Waals surface area contributed by atoms with Gasteiger partial charge < -0.3 is 10.1 Å². The Hall–Kier alpha value is -2.12. The number of nitrogens with zero attached hydrogens (tertiary/aromatic N) is 3. The molecule has 1 heterocycles. The van der Waals surface area contributed by atoms with Crippen LogP contribution in [0.3, 0.4) is 0 Å². The molecule has 20 heavy (non-hydrogen) atoms. The van der Waals surface area contributed by atoms with Gasteiger partial charge in [-0.15, -0.1) is 0 Å². The number of aromatic nitrogens is 2. The first-order valence-corrected chi connectivity index (χ1v) is 6.04. The van der Waals surface area contributed by atoms with Gasteiger partial charge >= 0.3 is 5.69 Å². The summed E-state index contributed by atoms with van der Waals surface area (Å²) in [5.74, 6) is 0.416. The highest BCUT2D eigenvalue weighted by Crippen LogP contribution is 2.31. The van der Waals surface area contributed by atoms with E-state index >= 15 is 0 Å². The molecule has 0 atom stereocenters. The number of hydrogen-bond donors (Lipinski definition) is 1. The lowest BCUT2D eigenvalue weighted by molar-refractivity contribution is -0.384. The monoisotopic (exact) mass is 314 g/mol. The predicted octanol–water partition coefficient (Wildman–Crippen LogP) is 3.44. The van der Waals surface area contributed by atoms with E-state index in [2.05, 4.69) is 15.3 Å². The van der Waals surface area contributed by atoms with Crippen molar-refractivity contribution in [1.29, 1.82) is 0 Å². The molecule has 0 saturated carbocycles. The zero-order chi connectivity index (χ0) is 14.7. The first kappa shape index (κ1) is 14.3. The van der Waals surface area contributed by atoms with Crippen molar-refractivity contribution in [1.82, 2.24) is 9.97 Å². The lowest BCUT2D eigenvalue weighted by Crippen LogP contribution is -2.01. The molecule has 0 aliphatic heterocycles. The zero-order valence-corrected chi connectivity index (χ0v) is 11.6. The van der Waals surface area contributed by atoms with Crippen molar-refractivity contribution in [2.24, 2.45) is 0 Å². The fourth-order valence-electron chi connectivity index (χ4n) is 1.45. The third kappa shape index (κ3) is 3.06. The van der Waals surface area contributed by atoms with Gasteiger partial charge in [0, 0.05) is 11.8 Å². The summed E-state index contributed by atoms with van der Waals surface area (Å²) in [6.07, 6.45) is 1.03. The molecule has 7 nitrogen and oxygen atoms in total. The number of methoxy groups -OCH3 is 1. The summed E-state index contributed by atoms with van der Waals surface area (Å²) in [7, 11) is 1.47. The van der Waals surface area contributed by atoms with Crippen molar-refractivity contribution >= 4 is 40.4 Å². The van der Waals surface area contributed by atoms with Crippen LogP contribution < -0.4 is 10.1 Å². The minimum Gasteiger partial charge on any atom is -0.495 e. The first-order chi connectivity index (χ1) is 9.51. The number of halogens is 2. The van der Waals surface area contributed by atoms with Crippen molar-refractivity contribution < 1.29 is 9.66 Å². The Kier molecular flexibility index (Phi) is 4.21. The van der Waals surface area contributed by atoms with Gasteiger partial charge in [0.1, 0.15) is 11.9 Å². The van der Waals surface area contributed by atoms with E-state index in [1.165, 1.54) is 7.11 Å². The first-order valence-electron chi connectivity index (χ1n) is 5.28. The molecule has 1 N–H and O–H groups in total. The second-order valence-electron chi connectivity index (χ2n) is 3.60. The van der Waals surface area contributed by atoms with Crippen LogP contribution in [0.4, 0.5) is 17.2 Å². The molecule has 0 unspecified atom stereocenters.